The number of aromatic nitrogens is 4. The SMILES string of the molecule is CO/C(=C\C(C)=N)N(C)C(=O)[C@@]1(C)CC=C(c2cnc3n2C=C(c2cnn(C)c2)[C@H](C)C3)C=C1F. The Hall–Kier alpha value is -3.75. The van der Waals surface area contributed by atoms with Crippen molar-refractivity contribution < 1.29 is 13.9 Å². The van der Waals surface area contributed by atoms with E-state index in [2.05, 4.69) is 23.2 Å². The number of allylic oxidation sites excluding steroid dienone is 5. The van der Waals surface area contributed by atoms with E-state index in [1.807, 2.05) is 30.1 Å². The summed E-state index contributed by atoms with van der Waals surface area (Å²) in [5.41, 5.74) is 2.52. The number of hydrogen-bond acceptors (Lipinski definition) is 5. The van der Waals surface area contributed by atoms with Gasteiger partial charge < -0.3 is 14.7 Å². The van der Waals surface area contributed by atoms with Crippen molar-refractivity contribution in [1.82, 2.24) is 24.2 Å². The Morgan fingerprint density at radius 2 is 2.14 bits per heavy atom. The van der Waals surface area contributed by atoms with Gasteiger partial charge in [0.05, 0.1) is 25.2 Å². The topological polar surface area (TPSA) is 89.0 Å². The summed E-state index contributed by atoms with van der Waals surface area (Å²) in [5.74, 6) is 0.414. The molecule has 3 heterocycles. The Bertz CT molecular complexity index is 1310. The maximum atomic E-state index is 15.6. The minimum atomic E-state index is -1.37. The molecule has 35 heavy (non-hydrogen) atoms. The van der Waals surface area contributed by atoms with Gasteiger partial charge in [0.25, 0.3) is 0 Å². The van der Waals surface area contributed by atoms with Crippen LogP contribution in [0.4, 0.5) is 4.39 Å². The van der Waals surface area contributed by atoms with Gasteiger partial charge in [0, 0.05) is 50.3 Å². The summed E-state index contributed by atoms with van der Waals surface area (Å²) < 4.78 is 24.6. The first-order valence-electron chi connectivity index (χ1n) is 11.5. The smallest absolute Gasteiger partial charge is 0.242 e. The number of amides is 1. The van der Waals surface area contributed by atoms with Crippen LogP contribution in [0.15, 0.2) is 48.5 Å². The van der Waals surface area contributed by atoms with E-state index in [0.717, 1.165) is 29.1 Å². The van der Waals surface area contributed by atoms with Crippen LogP contribution in [-0.4, -0.2) is 50.0 Å². The van der Waals surface area contributed by atoms with Crippen molar-refractivity contribution in [1.29, 1.82) is 5.41 Å². The largest absolute Gasteiger partial charge is 0.482 e. The number of imidazole rings is 1. The van der Waals surface area contributed by atoms with Crippen LogP contribution in [0.2, 0.25) is 0 Å². The molecule has 9 heteroatoms. The van der Waals surface area contributed by atoms with E-state index in [0.29, 0.717) is 5.57 Å². The lowest BCUT2D eigenvalue weighted by atomic mass is 9.79. The predicted molar refractivity (Wildman–Crippen MR) is 134 cm³/mol. The Morgan fingerprint density at radius 1 is 1.40 bits per heavy atom. The molecule has 2 aromatic heterocycles. The second kappa shape index (κ2) is 9.13. The van der Waals surface area contributed by atoms with Crippen LogP contribution in [0.3, 0.4) is 0 Å². The number of ether oxygens (including phenoxy) is 1. The zero-order valence-corrected chi connectivity index (χ0v) is 21.0. The highest BCUT2D eigenvalue weighted by atomic mass is 19.1. The third-order valence-electron chi connectivity index (χ3n) is 6.69. The first kappa shape index (κ1) is 24.4. The summed E-state index contributed by atoms with van der Waals surface area (Å²) >= 11 is 0. The molecule has 0 spiro atoms. The van der Waals surface area contributed by atoms with Crippen molar-refractivity contribution in [3.8, 4) is 0 Å². The molecule has 1 N–H and O–H groups in total. The highest BCUT2D eigenvalue weighted by Gasteiger charge is 2.42. The van der Waals surface area contributed by atoms with Gasteiger partial charge in [0.15, 0.2) is 5.88 Å². The molecule has 0 fully saturated rings. The molecular formula is C26H31FN6O2. The zero-order valence-electron chi connectivity index (χ0n) is 21.0. The fraction of sp³-hybridized carbons (Fsp3) is 0.385. The summed E-state index contributed by atoms with van der Waals surface area (Å²) in [4.78, 5) is 19.1. The Labute approximate surface area is 204 Å². The van der Waals surface area contributed by atoms with E-state index in [1.165, 1.54) is 31.2 Å². The first-order valence-corrected chi connectivity index (χ1v) is 11.5. The van der Waals surface area contributed by atoms with Crippen molar-refractivity contribution >= 4 is 29.0 Å². The van der Waals surface area contributed by atoms with Gasteiger partial charge in [-0.2, -0.15) is 5.10 Å². The number of nitrogens with one attached hydrogen (secondary N) is 1. The van der Waals surface area contributed by atoms with Crippen LogP contribution < -0.4 is 0 Å². The number of aryl methyl sites for hydroxylation is 1. The van der Waals surface area contributed by atoms with Gasteiger partial charge in [-0.3, -0.25) is 14.4 Å². The number of halogens is 1. The fourth-order valence-electron chi connectivity index (χ4n) is 4.57. The van der Waals surface area contributed by atoms with Crippen molar-refractivity contribution in [2.45, 2.75) is 33.6 Å². The van der Waals surface area contributed by atoms with Gasteiger partial charge in [-0.15, -0.1) is 0 Å². The monoisotopic (exact) mass is 478 g/mol. The molecule has 8 nitrogen and oxygen atoms in total. The molecule has 0 saturated carbocycles. The fourth-order valence-corrected chi connectivity index (χ4v) is 4.57. The van der Waals surface area contributed by atoms with Gasteiger partial charge in [-0.05, 0) is 43.4 Å². The molecule has 0 radical (unpaired) electrons. The Kier molecular flexibility index (Phi) is 6.36. The quantitative estimate of drug-likeness (QED) is 0.491. The minimum Gasteiger partial charge on any atom is -0.482 e. The van der Waals surface area contributed by atoms with E-state index in [1.54, 1.807) is 24.7 Å². The van der Waals surface area contributed by atoms with Crippen LogP contribution in [0, 0.1) is 16.7 Å². The molecule has 1 aliphatic heterocycles. The predicted octanol–water partition coefficient (Wildman–Crippen LogP) is 4.44. The van der Waals surface area contributed by atoms with Crippen LogP contribution in [-0.2, 0) is 23.0 Å². The molecule has 184 valence electrons. The number of hydrogen-bond donors (Lipinski definition) is 1. The van der Waals surface area contributed by atoms with Crippen molar-refractivity contribution in [3.05, 3.63) is 65.6 Å². The number of nitrogens with zero attached hydrogens (tertiary/aromatic N) is 5. The molecule has 2 aliphatic rings. The molecule has 0 saturated heterocycles. The van der Waals surface area contributed by atoms with E-state index in [9.17, 15) is 4.79 Å². The molecule has 0 bridgehead atoms. The van der Waals surface area contributed by atoms with Crippen LogP contribution in [0.5, 0.6) is 0 Å². The number of methoxy groups -OCH3 is 1. The number of fused-ring (bicyclic) bond motifs is 1. The number of carbonyl (C=O) groups excluding carboxylic acids is 1. The highest BCUT2D eigenvalue weighted by molar-refractivity contribution is 5.93. The van der Waals surface area contributed by atoms with Crippen LogP contribution in [0.1, 0.15) is 44.3 Å². The molecular weight excluding hydrogens is 447 g/mol. The summed E-state index contributed by atoms with van der Waals surface area (Å²) in [6, 6.07) is 0. The summed E-state index contributed by atoms with van der Waals surface area (Å²) in [7, 11) is 4.83. The summed E-state index contributed by atoms with van der Waals surface area (Å²) in [6.07, 6.45) is 13.3. The van der Waals surface area contributed by atoms with E-state index >= 15 is 4.39 Å². The van der Waals surface area contributed by atoms with Crippen LogP contribution in [0.25, 0.3) is 17.3 Å². The summed E-state index contributed by atoms with van der Waals surface area (Å²) in [6.45, 7) is 5.33. The van der Waals surface area contributed by atoms with Crippen molar-refractivity contribution in [2.75, 3.05) is 14.2 Å². The number of carbonyl (C=O) groups is 1. The Morgan fingerprint density at radius 3 is 2.74 bits per heavy atom. The average Bonchev–Trinajstić information content (AvgIpc) is 3.43. The molecule has 1 aliphatic carbocycles. The van der Waals surface area contributed by atoms with Crippen LogP contribution >= 0.6 is 0 Å². The second-order valence-electron chi connectivity index (χ2n) is 9.44. The highest BCUT2D eigenvalue weighted by Crippen LogP contribution is 2.42. The molecule has 4 rings (SSSR count). The van der Waals surface area contributed by atoms with Gasteiger partial charge in [-0.25, -0.2) is 9.37 Å². The third kappa shape index (κ3) is 4.38. The molecule has 2 atom stereocenters. The lowest BCUT2D eigenvalue weighted by Gasteiger charge is -2.33. The molecule has 1 amide bonds. The maximum absolute atomic E-state index is 15.6. The normalized spacial score (nSPS) is 22.1. The standard InChI is InChI=1S/C26H31FN6O2/c1-16-9-23-29-13-21(33(23)15-20(16)19-12-30-31(4)14-19)18-7-8-26(3,22(27)11-18)25(34)32(5)24(35-6)10-17(2)28/h7,10-16,28H,8-9H2,1-6H3/b24-10-,28-17?/t16-,26+/m1/s1. The average molecular weight is 479 g/mol. The van der Waals surface area contributed by atoms with E-state index in [-0.39, 0.29) is 23.9 Å². The molecule has 2 aromatic rings. The molecule has 0 unspecified atom stereocenters. The van der Waals surface area contributed by atoms with E-state index < -0.39 is 17.1 Å². The lowest BCUT2D eigenvalue weighted by molar-refractivity contribution is -0.138. The van der Waals surface area contributed by atoms with Gasteiger partial charge in [0.1, 0.15) is 17.1 Å². The summed E-state index contributed by atoms with van der Waals surface area (Å²) in [5, 5.41) is 11.9. The zero-order chi connectivity index (χ0) is 25.5. The second-order valence-corrected chi connectivity index (χ2v) is 9.44. The Balaban J connectivity index is 1.64. The first-order chi connectivity index (χ1) is 16.5. The number of rotatable bonds is 6. The minimum absolute atomic E-state index is 0.185. The van der Waals surface area contributed by atoms with Gasteiger partial charge in [0.2, 0.25) is 5.91 Å². The third-order valence-corrected chi connectivity index (χ3v) is 6.69. The maximum Gasteiger partial charge on any atom is 0.242 e. The molecule has 0 aromatic carbocycles. The van der Waals surface area contributed by atoms with Crippen molar-refractivity contribution in [2.24, 2.45) is 18.4 Å². The van der Waals surface area contributed by atoms with E-state index in [4.69, 9.17) is 10.1 Å². The lowest BCUT2D eigenvalue weighted by Crippen LogP contribution is -2.41. The van der Waals surface area contributed by atoms with Gasteiger partial charge >= 0.3 is 0 Å². The van der Waals surface area contributed by atoms with Gasteiger partial charge in [-0.1, -0.05) is 13.0 Å². The van der Waals surface area contributed by atoms with Crippen molar-refractivity contribution in [3.63, 3.8) is 0 Å².